The summed E-state index contributed by atoms with van der Waals surface area (Å²) in [5.74, 6) is -0.00624. The molecule has 0 saturated carbocycles. The number of halogens is 1. The summed E-state index contributed by atoms with van der Waals surface area (Å²) in [4.78, 5) is 2.42. The Morgan fingerprint density at radius 1 is 1.29 bits per heavy atom. The van der Waals surface area contributed by atoms with Gasteiger partial charge in [-0.2, -0.15) is 0 Å². The van der Waals surface area contributed by atoms with Gasteiger partial charge < -0.3 is 10.1 Å². The van der Waals surface area contributed by atoms with E-state index in [2.05, 4.69) is 37.9 Å². The van der Waals surface area contributed by atoms with Gasteiger partial charge in [-0.15, -0.1) is 0 Å². The fourth-order valence-corrected chi connectivity index (χ4v) is 3.04. The topological polar surface area (TPSA) is 24.5 Å². The van der Waals surface area contributed by atoms with Crippen molar-refractivity contribution >= 4 is 0 Å². The predicted octanol–water partition coefficient (Wildman–Crippen LogP) is 3.09. The highest BCUT2D eigenvalue weighted by Gasteiger charge is 2.33. The molecule has 0 heterocycles. The number of methoxy groups -OCH3 is 1. The number of rotatable bonds is 8. The van der Waals surface area contributed by atoms with Crippen LogP contribution in [0.25, 0.3) is 0 Å². The van der Waals surface area contributed by atoms with Crippen LogP contribution >= 0.6 is 0 Å². The Hall–Kier alpha value is -1.13. The van der Waals surface area contributed by atoms with E-state index in [1.807, 2.05) is 13.1 Å². The monoisotopic (exact) mass is 296 g/mol. The van der Waals surface area contributed by atoms with Crippen molar-refractivity contribution in [3.8, 4) is 5.75 Å². The van der Waals surface area contributed by atoms with Gasteiger partial charge in [-0.1, -0.05) is 19.9 Å². The Kier molecular flexibility index (Phi) is 6.62. The van der Waals surface area contributed by atoms with Gasteiger partial charge in [0.05, 0.1) is 7.11 Å². The third kappa shape index (κ3) is 4.17. The van der Waals surface area contributed by atoms with E-state index in [9.17, 15) is 4.39 Å². The second-order valence-electron chi connectivity index (χ2n) is 5.84. The van der Waals surface area contributed by atoms with E-state index >= 15 is 0 Å². The predicted molar refractivity (Wildman–Crippen MR) is 86.5 cm³/mol. The summed E-state index contributed by atoms with van der Waals surface area (Å²) < 4.78 is 18.8. The van der Waals surface area contributed by atoms with Gasteiger partial charge in [0.2, 0.25) is 0 Å². The lowest BCUT2D eigenvalue weighted by Gasteiger charge is -2.43. The summed E-state index contributed by atoms with van der Waals surface area (Å²) in [7, 11) is 3.45. The lowest BCUT2D eigenvalue weighted by atomic mass is 9.87. The van der Waals surface area contributed by atoms with E-state index in [0.717, 1.165) is 25.1 Å². The average molecular weight is 296 g/mol. The molecule has 1 unspecified atom stereocenters. The number of nitrogens with one attached hydrogen (secondary N) is 1. The normalized spacial score (nSPS) is 13.5. The molecule has 4 heteroatoms. The molecule has 0 spiro atoms. The molecule has 0 aromatic heterocycles. The largest absolute Gasteiger partial charge is 0.494 e. The van der Waals surface area contributed by atoms with Crippen molar-refractivity contribution < 1.29 is 9.13 Å². The van der Waals surface area contributed by atoms with E-state index in [1.165, 1.54) is 7.11 Å². The van der Waals surface area contributed by atoms with Crippen LogP contribution in [0.4, 0.5) is 4.39 Å². The Morgan fingerprint density at radius 2 is 1.90 bits per heavy atom. The molecule has 1 N–H and O–H groups in total. The number of hydrogen-bond acceptors (Lipinski definition) is 3. The van der Waals surface area contributed by atoms with E-state index in [4.69, 9.17) is 4.74 Å². The second kappa shape index (κ2) is 7.76. The number of ether oxygens (including phenoxy) is 1. The van der Waals surface area contributed by atoms with Crippen molar-refractivity contribution in [3.05, 3.63) is 29.6 Å². The standard InChI is InChI=1S/C17H29FN2O/c1-7-20(8-2)17(3,4)16(19-5)12-13-9-10-15(21-6)14(18)11-13/h9-11,16,19H,7-8,12H2,1-6H3. The van der Waals surface area contributed by atoms with Gasteiger partial charge >= 0.3 is 0 Å². The molecule has 0 saturated heterocycles. The summed E-state index contributed by atoms with van der Waals surface area (Å²) >= 11 is 0. The Labute approximate surface area is 128 Å². The van der Waals surface area contributed by atoms with E-state index in [0.29, 0.717) is 5.75 Å². The van der Waals surface area contributed by atoms with Crippen LogP contribution in [0.3, 0.4) is 0 Å². The molecule has 1 aromatic carbocycles. The van der Waals surface area contributed by atoms with Gasteiger partial charge in [-0.3, -0.25) is 4.90 Å². The van der Waals surface area contributed by atoms with Crippen LogP contribution in [0.2, 0.25) is 0 Å². The van der Waals surface area contributed by atoms with Crippen LogP contribution in [0.15, 0.2) is 18.2 Å². The molecule has 0 radical (unpaired) electrons. The number of hydrogen-bond donors (Lipinski definition) is 1. The Balaban J connectivity index is 2.94. The maximum Gasteiger partial charge on any atom is 0.165 e. The molecule has 0 aliphatic rings. The lowest BCUT2D eigenvalue weighted by molar-refractivity contribution is 0.0943. The van der Waals surface area contributed by atoms with Gasteiger partial charge in [0.25, 0.3) is 0 Å². The summed E-state index contributed by atoms with van der Waals surface area (Å²) in [6, 6.07) is 5.44. The zero-order valence-electron chi connectivity index (χ0n) is 14.2. The SMILES string of the molecule is CCN(CC)C(C)(C)C(Cc1ccc(OC)c(F)c1)NC. The van der Waals surface area contributed by atoms with Crippen LogP contribution in [0, 0.1) is 5.82 Å². The average Bonchev–Trinajstić information content (AvgIpc) is 2.45. The Morgan fingerprint density at radius 3 is 2.33 bits per heavy atom. The van der Waals surface area contributed by atoms with Crippen molar-refractivity contribution in [2.24, 2.45) is 0 Å². The second-order valence-corrected chi connectivity index (χ2v) is 5.84. The third-order valence-corrected chi connectivity index (χ3v) is 4.44. The maximum absolute atomic E-state index is 13.8. The zero-order valence-corrected chi connectivity index (χ0v) is 14.2. The summed E-state index contributed by atoms with van der Waals surface area (Å²) in [6.07, 6.45) is 0.779. The molecule has 0 bridgehead atoms. The van der Waals surface area contributed by atoms with E-state index in [1.54, 1.807) is 12.1 Å². The highest BCUT2D eigenvalue weighted by molar-refractivity contribution is 5.30. The maximum atomic E-state index is 13.8. The minimum absolute atomic E-state index is 0.00530. The van der Waals surface area contributed by atoms with Crippen LogP contribution in [-0.2, 0) is 6.42 Å². The highest BCUT2D eigenvalue weighted by Crippen LogP contribution is 2.24. The van der Waals surface area contributed by atoms with E-state index in [-0.39, 0.29) is 17.4 Å². The molecule has 21 heavy (non-hydrogen) atoms. The van der Waals surface area contributed by atoms with Crippen molar-refractivity contribution in [3.63, 3.8) is 0 Å². The summed E-state index contributed by atoms with van der Waals surface area (Å²) in [6.45, 7) is 10.8. The first kappa shape index (κ1) is 17.9. The van der Waals surface area contributed by atoms with Gasteiger partial charge in [0.1, 0.15) is 0 Å². The molecular weight excluding hydrogens is 267 g/mol. The number of benzene rings is 1. The third-order valence-electron chi connectivity index (χ3n) is 4.44. The van der Waals surface area contributed by atoms with Crippen LogP contribution in [0.1, 0.15) is 33.3 Å². The molecule has 0 fully saturated rings. The van der Waals surface area contributed by atoms with Crippen LogP contribution in [-0.4, -0.2) is 43.7 Å². The smallest absolute Gasteiger partial charge is 0.165 e. The fourth-order valence-electron chi connectivity index (χ4n) is 3.04. The van der Waals surface area contributed by atoms with Crippen molar-refractivity contribution in [2.75, 3.05) is 27.2 Å². The van der Waals surface area contributed by atoms with Gasteiger partial charge in [0, 0.05) is 11.6 Å². The minimum atomic E-state index is -0.300. The molecule has 1 rings (SSSR count). The summed E-state index contributed by atoms with van der Waals surface area (Å²) in [5, 5.41) is 3.39. The molecular formula is C17H29FN2O. The first-order valence-corrected chi connectivity index (χ1v) is 7.65. The quantitative estimate of drug-likeness (QED) is 0.798. The zero-order chi connectivity index (χ0) is 16.0. The molecule has 0 aliphatic heterocycles. The van der Waals surface area contributed by atoms with Crippen molar-refractivity contribution in [1.82, 2.24) is 10.2 Å². The van der Waals surface area contributed by atoms with E-state index < -0.39 is 0 Å². The fraction of sp³-hybridized carbons (Fsp3) is 0.647. The summed E-state index contributed by atoms with van der Waals surface area (Å²) in [5.41, 5.74) is 0.974. The molecule has 1 atom stereocenters. The molecule has 120 valence electrons. The first-order chi connectivity index (χ1) is 9.90. The van der Waals surface area contributed by atoms with Gasteiger partial charge in [-0.25, -0.2) is 4.39 Å². The minimum Gasteiger partial charge on any atom is -0.494 e. The van der Waals surface area contributed by atoms with Crippen molar-refractivity contribution in [2.45, 2.75) is 45.7 Å². The lowest BCUT2D eigenvalue weighted by Crippen LogP contribution is -2.57. The Bertz CT molecular complexity index is 444. The van der Waals surface area contributed by atoms with Crippen molar-refractivity contribution in [1.29, 1.82) is 0 Å². The van der Waals surface area contributed by atoms with Gasteiger partial charge in [-0.05, 0) is 58.1 Å². The molecule has 1 aromatic rings. The molecule has 0 amide bonds. The van der Waals surface area contributed by atoms with Gasteiger partial charge in [0.15, 0.2) is 11.6 Å². The van der Waals surface area contributed by atoms with Crippen LogP contribution in [0.5, 0.6) is 5.75 Å². The first-order valence-electron chi connectivity index (χ1n) is 7.65. The van der Waals surface area contributed by atoms with Crippen LogP contribution < -0.4 is 10.1 Å². The highest BCUT2D eigenvalue weighted by atomic mass is 19.1. The molecule has 3 nitrogen and oxygen atoms in total. The molecule has 0 aliphatic carbocycles. The number of likely N-dealkylation sites (N-methyl/N-ethyl adjacent to an activating group) is 2. The number of nitrogens with zero attached hydrogens (tertiary/aromatic N) is 1.